The summed E-state index contributed by atoms with van der Waals surface area (Å²) in [5, 5.41) is 0. The molecule has 102 valence electrons. The minimum absolute atomic E-state index is 0.0680. The van der Waals surface area contributed by atoms with Crippen LogP contribution in [0.25, 0.3) is 0 Å². The number of fused-ring (bicyclic) bond motifs is 1. The molecule has 20 heavy (non-hydrogen) atoms. The zero-order chi connectivity index (χ0) is 14.1. The molecular formula is C16H15NO3. The van der Waals surface area contributed by atoms with Gasteiger partial charge in [-0.15, -0.1) is 0 Å². The molecule has 2 aromatic rings. The summed E-state index contributed by atoms with van der Waals surface area (Å²) in [7, 11) is 3.18. The zero-order valence-electron chi connectivity index (χ0n) is 11.4. The van der Waals surface area contributed by atoms with Gasteiger partial charge in [-0.05, 0) is 23.8 Å². The number of amides is 1. The van der Waals surface area contributed by atoms with Gasteiger partial charge in [-0.2, -0.15) is 0 Å². The normalized spacial score (nSPS) is 13.3. The Morgan fingerprint density at radius 1 is 1.00 bits per heavy atom. The molecule has 0 atom stereocenters. The summed E-state index contributed by atoms with van der Waals surface area (Å²) in [5.74, 6) is 1.33. The molecule has 4 nitrogen and oxygen atoms in total. The molecule has 0 saturated carbocycles. The lowest BCUT2D eigenvalue weighted by Gasteiger charge is -2.19. The van der Waals surface area contributed by atoms with Gasteiger partial charge in [0.1, 0.15) is 0 Å². The molecule has 0 N–H and O–H groups in total. The van der Waals surface area contributed by atoms with Crippen LogP contribution in [0.15, 0.2) is 42.5 Å². The highest BCUT2D eigenvalue weighted by Crippen LogP contribution is 2.39. The maximum Gasteiger partial charge on any atom is 0.236 e. The van der Waals surface area contributed by atoms with E-state index in [-0.39, 0.29) is 5.91 Å². The van der Waals surface area contributed by atoms with Crippen molar-refractivity contribution >= 4 is 17.3 Å². The van der Waals surface area contributed by atoms with E-state index in [9.17, 15) is 4.79 Å². The molecule has 0 unspecified atom stereocenters. The van der Waals surface area contributed by atoms with E-state index in [2.05, 4.69) is 0 Å². The number of ether oxygens (including phenoxy) is 2. The van der Waals surface area contributed by atoms with E-state index in [1.807, 2.05) is 42.5 Å². The fourth-order valence-corrected chi connectivity index (χ4v) is 2.50. The second-order valence-corrected chi connectivity index (χ2v) is 4.57. The van der Waals surface area contributed by atoms with Crippen molar-refractivity contribution in [2.75, 3.05) is 19.1 Å². The van der Waals surface area contributed by atoms with Gasteiger partial charge in [0, 0.05) is 6.07 Å². The standard InChI is InChI=1S/C16H15NO3/c1-19-14-8-7-12(10-15(14)20-2)17-13-6-4-3-5-11(13)9-16(17)18/h3-8,10H,9H2,1-2H3. The molecule has 1 amide bonds. The Labute approximate surface area is 117 Å². The lowest BCUT2D eigenvalue weighted by atomic mass is 10.2. The highest BCUT2D eigenvalue weighted by Gasteiger charge is 2.28. The third kappa shape index (κ3) is 1.90. The number of anilines is 2. The van der Waals surface area contributed by atoms with Crippen molar-refractivity contribution in [2.24, 2.45) is 0 Å². The number of methoxy groups -OCH3 is 2. The molecule has 0 aliphatic carbocycles. The number of benzene rings is 2. The largest absolute Gasteiger partial charge is 0.493 e. The molecule has 4 heteroatoms. The topological polar surface area (TPSA) is 38.8 Å². The number of rotatable bonds is 3. The third-order valence-electron chi connectivity index (χ3n) is 3.45. The van der Waals surface area contributed by atoms with E-state index in [4.69, 9.17) is 9.47 Å². The average Bonchev–Trinajstić information content (AvgIpc) is 2.82. The van der Waals surface area contributed by atoms with Crippen molar-refractivity contribution in [1.29, 1.82) is 0 Å². The first kappa shape index (κ1) is 12.5. The van der Waals surface area contributed by atoms with E-state index >= 15 is 0 Å². The summed E-state index contributed by atoms with van der Waals surface area (Å²) >= 11 is 0. The van der Waals surface area contributed by atoms with Gasteiger partial charge in [0.25, 0.3) is 0 Å². The Morgan fingerprint density at radius 3 is 2.50 bits per heavy atom. The molecule has 0 bridgehead atoms. The highest BCUT2D eigenvalue weighted by molar-refractivity contribution is 6.07. The first-order chi connectivity index (χ1) is 9.74. The van der Waals surface area contributed by atoms with Crippen molar-refractivity contribution in [1.82, 2.24) is 0 Å². The lowest BCUT2D eigenvalue weighted by molar-refractivity contribution is -0.116. The Balaban J connectivity index is 2.07. The van der Waals surface area contributed by atoms with Crippen LogP contribution < -0.4 is 14.4 Å². The van der Waals surface area contributed by atoms with Crippen molar-refractivity contribution < 1.29 is 14.3 Å². The molecular weight excluding hydrogens is 254 g/mol. The molecule has 0 saturated heterocycles. The number of carbonyl (C=O) groups is 1. The van der Waals surface area contributed by atoms with E-state index < -0.39 is 0 Å². The van der Waals surface area contributed by atoms with Crippen LogP contribution in [-0.4, -0.2) is 20.1 Å². The van der Waals surface area contributed by atoms with Gasteiger partial charge in [0.15, 0.2) is 11.5 Å². The second-order valence-electron chi connectivity index (χ2n) is 4.57. The smallest absolute Gasteiger partial charge is 0.236 e. The maximum atomic E-state index is 12.2. The quantitative estimate of drug-likeness (QED) is 0.860. The molecule has 2 aromatic carbocycles. The third-order valence-corrected chi connectivity index (χ3v) is 3.45. The maximum absolute atomic E-state index is 12.2. The molecule has 1 aliphatic rings. The molecule has 1 aliphatic heterocycles. The summed E-state index contributed by atoms with van der Waals surface area (Å²) in [6.07, 6.45) is 0.435. The van der Waals surface area contributed by atoms with Crippen LogP contribution in [0.2, 0.25) is 0 Å². The highest BCUT2D eigenvalue weighted by atomic mass is 16.5. The Bertz CT molecular complexity index is 667. The van der Waals surface area contributed by atoms with Gasteiger partial charge in [0.05, 0.1) is 32.0 Å². The van der Waals surface area contributed by atoms with E-state index in [1.165, 1.54) is 0 Å². The predicted octanol–water partition coefficient (Wildman–Crippen LogP) is 2.92. The number of nitrogens with zero attached hydrogens (tertiary/aromatic N) is 1. The Kier molecular flexibility index (Phi) is 3.06. The average molecular weight is 269 g/mol. The first-order valence-corrected chi connectivity index (χ1v) is 6.37. The number of hydrogen-bond donors (Lipinski definition) is 0. The molecule has 0 fully saturated rings. The molecule has 1 heterocycles. The monoisotopic (exact) mass is 269 g/mol. The van der Waals surface area contributed by atoms with Crippen molar-refractivity contribution in [3.05, 3.63) is 48.0 Å². The van der Waals surface area contributed by atoms with Crippen LogP contribution in [0.5, 0.6) is 11.5 Å². The summed E-state index contributed by atoms with van der Waals surface area (Å²) in [6, 6.07) is 13.3. The summed E-state index contributed by atoms with van der Waals surface area (Å²) in [6.45, 7) is 0. The zero-order valence-corrected chi connectivity index (χ0v) is 11.4. The summed E-state index contributed by atoms with van der Waals surface area (Å²) < 4.78 is 10.5. The predicted molar refractivity (Wildman–Crippen MR) is 76.8 cm³/mol. The SMILES string of the molecule is COc1ccc(N2C(=O)Cc3ccccc32)cc1OC. The van der Waals surface area contributed by atoms with E-state index in [0.717, 1.165) is 16.9 Å². The van der Waals surface area contributed by atoms with Gasteiger partial charge >= 0.3 is 0 Å². The van der Waals surface area contributed by atoms with Crippen LogP contribution in [-0.2, 0) is 11.2 Å². The van der Waals surface area contributed by atoms with Gasteiger partial charge in [0.2, 0.25) is 5.91 Å². The molecule has 3 rings (SSSR count). The van der Waals surface area contributed by atoms with Gasteiger partial charge in [-0.3, -0.25) is 9.69 Å². The van der Waals surface area contributed by atoms with Crippen LogP contribution in [0, 0.1) is 0 Å². The number of para-hydroxylation sites is 1. The minimum atomic E-state index is 0.0680. The Morgan fingerprint density at radius 2 is 1.75 bits per heavy atom. The fourth-order valence-electron chi connectivity index (χ4n) is 2.50. The van der Waals surface area contributed by atoms with Crippen LogP contribution in [0.3, 0.4) is 0 Å². The number of carbonyl (C=O) groups excluding carboxylic acids is 1. The van der Waals surface area contributed by atoms with Gasteiger partial charge in [-0.25, -0.2) is 0 Å². The van der Waals surface area contributed by atoms with Crippen molar-refractivity contribution in [2.45, 2.75) is 6.42 Å². The van der Waals surface area contributed by atoms with E-state index in [1.54, 1.807) is 19.1 Å². The first-order valence-electron chi connectivity index (χ1n) is 6.37. The Hall–Kier alpha value is -2.49. The van der Waals surface area contributed by atoms with Gasteiger partial charge in [-0.1, -0.05) is 18.2 Å². The summed E-state index contributed by atoms with van der Waals surface area (Å²) in [5.41, 5.74) is 2.77. The number of hydrogen-bond acceptors (Lipinski definition) is 3. The molecule has 0 aromatic heterocycles. The van der Waals surface area contributed by atoms with Crippen molar-refractivity contribution in [3.8, 4) is 11.5 Å². The molecule has 0 radical (unpaired) electrons. The van der Waals surface area contributed by atoms with Crippen LogP contribution in [0.1, 0.15) is 5.56 Å². The second kappa shape index (κ2) is 4.89. The van der Waals surface area contributed by atoms with Gasteiger partial charge < -0.3 is 9.47 Å². The van der Waals surface area contributed by atoms with Crippen LogP contribution in [0.4, 0.5) is 11.4 Å². The van der Waals surface area contributed by atoms with E-state index in [0.29, 0.717) is 17.9 Å². The van der Waals surface area contributed by atoms with Crippen molar-refractivity contribution in [3.63, 3.8) is 0 Å². The summed E-state index contributed by atoms with van der Waals surface area (Å²) in [4.78, 5) is 14.0. The fraction of sp³-hybridized carbons (Fsp3) is 0.188. The lowest BCUT2D eigenvalue weighted by Crippen LogP contribution is -2.20. The van der Waals surface area contributed by atoms with Crippen LogP contribution >= 0.6 is 0 Å². The minimum Gasteiger partial charge on any atom is -0.493 e. The molecule has 0 spiro atoms.